The highest BCUT2D eigenvalue weighted by molar-refractivity contribution is 9.10. The van der Waals surface area contributed by atoms with Gasteiger partial charge in [0, 0.05) is 4.47 Å². The second-order valence-corrected chi connectivity index (χ2v) is 4.82. The van der Waals surface area contributed by atoms with Crippen molar-refractivity contribution in [2.45, 2.75) is 20.3 Å². The van der Waals surface area contributed by atoms with Gasteiger partial charge in [-0.15, -0.1) is 0 Å². The summed E-state index contributed by atoms with van der Waals surface area (Å²) >= 11 is 3.28. The van der Waals surface area contributed by atoms with Crippen LogP contribution in [0.3, 0.4) is 0 Å². The molecule has 0 aliphatic rings. The molecule has 1 rings (SSSR count). The van der Waals surface area contributed by atoms with E-state index >= 15 is 0 Å². The summed E-state index contributed by atoms with van der Waals surface area (Å²) in [6.45, 7) is 3.60. The molecule has 0 saturated carbocycles. The number of rotatable bonds is 2. The third kappa shape index (κ3) is 2.81. The van der Waals surface area contributed by atoms with E-state index in [1.165, 1.54) is 6.07 Å². The molecule has 0 radical (unpaired) electrons. The topological polar surface area (TPSA) is 23.8 Å². The molecule has 1 aromatic rings. The number of nitrogens with zero attached hydrogens (tertiary/aromatic N) is 1. The van der Waals surface area contributed by atoms with Crippen molar-refractivity contribution in [2.75, 3.05) is 0 Å². The van der Waals surface area contributed by atoms with Gasteiger partial charge in [-0.1, -0.05) is 15.9 Å². The van der Waals surface area contributed by atoms with E-state index in [0.29, 0.717) is 12.0 Å². The molecule has 1 aromatic carbocycles. The quantitative estimate of drug-likeness (QED) is 0.791. The van der Waals surface area contributed by atoms with Crippen LogP contribution in [-0.2, 0) is 6.42 Å². The summed E-state index contributed by atoms with van der Waals surface area (Å²) in [6, 6.07) is 6.93. The maximum atomic E-state index is 13.3. The first-order valence-corrected chi connectivity index (χ1v) is 5.09. The van der Waals surface area contributed by atoms with Crippen LogP contribution in [0.15, 0.2) is 22.7 Å². The summed E-state index contributed by atoms with van der Waals surface area (Å²) in [6.07, 6.45) is 0.425. The summed E-state index contributed by atoms with van der Waals surface area (Å²) in [7, 11) is 0. The van der Waals surface area contributed by atoms with E-state index in [2.05, 4.69) is 22.0 Å². The predicted molar refractivity (Wildman–Crippen MR) is 57.2 cm³/mol. The monoisotopic (exact) mass is 255 g/mol. The normalized spacial score (nSPS) is 11.1. The van der Waals surface area contributed by atoms with Gasteiger partial charge in [0.25, 0.3) is 0 Å². The Hall–Kier alpha value is -0.880. The van der Waals surface area contributed by atoms with Gasteiger partial charge >= 0.3 is 0 Å². The first-order chi connectivity index (χ1) is 6.44. The first-order valence-electron chi connectivity index (χ1n) is 4.30. The largest absolute Gasteiger partial charge is 0.207 e. The van der Waals surface area contributed by atoms with E-state index in [9.17, 15) is 4.39 Å². The zero-order valence-corrected chi connectivity index (χ0v) is 9.73. The van der Waals surface area contributed by atoms with Crippen molar-refractivity contribution in [3.05, 3.63) is 34.1 Å². The van der Waals surface area contributed by atoms with Gasteiger partial charge in [0.2, 0.25) is 0 Å². The molecular formula is C11H11BrFN. The lowest BCUT2D eigenvalue weighted by Crippen LogP contribution is -2.12. The fourth-order valence-electron chi connectivity index (χ4n) is 1.19. The van der Waals surface area contributed by atoms with Crippen LogP contribution in [0.5, 0.6) is 0 Å². The zero-order valence-electron chi connectivity index (χ0n) is 8.14. The van der Waals surface area contributed by atoms with Gasteiger partial charge in [0.15, 0.2) is 0 Å². The molecule has 0 heterocycles. The molecule has 74 valence electrons. The molecule has 0 saturated heterocycles. The minimum absolute atomic E-state index is 0.253. The second kappa shape index (κ2) is 4.10. The van der Waals surface area contributed by atoms with Gasteiger partial charge in [0.1, 0.15) is 5.82 Å². The molecule has 0 bridgehead atoms. The standard InChI is InChI=1S/C11H11BrFN/c1-11(2,7-14)6-8-5-9(12)3-4-10(8)13/h3-5H,6H2,1-2H3. The van der Waals surface area contributed by atoms with Crippen LogP contribution in [0.25, 0.3) is 0 Å². The fraction of sp³-hybridized carbons (Fsp3) is 0.364. The summed E-state index contributed by atoms with van der Waals surface area (Å²) in [5.74, 6) is -0.253. The first kappa shape index (κ1) is 11.2. The van der Waals surface area contributed by atoms with Gasteiger partial charge in [0.05, 0.1) is 11.5 Å². The SMILES string of the molecule is CC(C)(C#N)Cc1cc(Br)ccc1F. The molecular weight excluding hydrogens is 245 g/mol. The van der Waals surface area contributed by atoms with E-state index in [1.54, 1.807) is 26.0 Å². The van der Waals surface area contributed by atoms with E-state index in [1.807, 2.05) is 0 Å². The minimum atomic E-state index is -0.526. The molecule has 0 unspecified atom stereocenters. The molecule has 0 aromatic heterocycles. The van der Waals surface area contributed by atoms with E-state index in [0.717, 1.165) is 4.47 Å². The lowest BCUT2D eigenvalue weighted by molar-refractivity contribution is 0.476. The molecule has 0 amide bonds. The summed E-state index contributed by atoms with van der Waals surface area (Å²) in [5.41, 5.74) is 0.0488. The van der Waals surface area contributed by atoms with Crippen molar-refractivity contribution in [1.29, 1.82) is 5.26 Å². The van der Waals surface area contributed by atoms with Crippen LogP contribution in [0.2, 0.25) is 0 Å². The molecule has 0 aliphatic heterocycles. The number of hydrogen-bond acceptors (Lipinski definition) is 1. The molecule has 14 heavy (non-hydrogen) atoms. The average Bonchev–Trinajstić information content (AvgIpc) is 2.11. The van der Waals surface area contributed by atoms with Crippen LogP contribution >= 0.6 is 15.9 Å². The summed E-state index contributed by atoms with van der Waals surface area (Å²) < 4.78 is 14.1. The second-order valence-electron chi connectivity index (χ2n) is 3.91. The maximum absolute atomic E-state index is 13.3. The zero-order chi connectivity index (χ0) is 10.8. The molecule has 1 nitrogen and oxygen atoms in total. The van der Waals surface area contributed by atoms with Crippen molar-refractivity contribution in [3.63, 3.8) is 0 Å². The maximum Gasteiger partial charge on any atom is 0.126 e. The highest BCUT2D eigenvalue weighted by Gasteiger charge is 2.19. The Morgan fingerprint density at radius 1 is 1.50 bits per heavy atom. The Balaban J connectivity index is 2.98. The molecule has 0 fully saturated rings. The minimum Gasteiger partial charge on any atom is -0.207 e. The van der Waals surface area contributed by atoms with Crippen LogP contribution in [0.1, 0.15) is 19.4 Å². The average molecular weight is 256 g/mol. The Labute approximate surface area is 91.7 Å². The third-order valence-electron chi connectivity index (χ3n) is 1.94. The van der Waals surface area contributed by atoms with Crippen LogP contribution in [-0.4, -0.2) is 0 Å². The van der Waals surface area contributed by atoms with E-state index in [-0.39, 0.29) is 5.82 Å². The van der Waals surface area contributed by atoms with Gasteiger partial charge in [-0.05, 0) is 44.0 Å². The molecule has 0 atom stereocenters. The Bertz CT molecular complexity index is 379. The summed E-state index contributed by atoms with van der Waals surface area (Å²) in [4.78, 5) is 0. The lowest BCUT2D eigenvalue weighted by atomic mass is 9.87. The third-order valence-corrected chi connectivity index (χ3v) is 2.44. The Morgan fingerprint density at radius 3 is 2.71 bits per heavy atom. The van der Waals surface area contributed by atoms with Crippen molar-refractivity contribution < 1.29 is 4.39 Å². The van der Waals surface area contributed by atoms with Gasteiger partial charge in [-0.3, -0.25) is 0 Å². The number of halogens is 2. The fourth-order valence-corrected chi connectivity index (χ4v) is 1.60. The summed E-state index contributed by atoms with van der Waals surface area (Å²) in [5, 5.41) is 8.83. The number of benzene rings is 1. The lowest BCUT2D eigenvalue weighted by Gasteiger charge is -2.15. The van der Waals surface area contributed by atoms with Crippen LogP contribution in [0, 0.1) is 22.6 Å². The Kier molecular flexibility index (Phi) is 3.28. The van der Waals surface area contributed by atoms with Crippen LogP contribution in [0.4, 0.5) is 4.39 Å². The van der Waals surface area contributed by atoms with Crippen molar-refractivity contribution in [3.8, 4) is 6.07 Å². The van der Waals surface area contributed by atoms with Crippen molar-refractivity contribution in [1.82, 2.24) is 0 Å². The van der Waals surface area contributed by atoms with Crippen molar-refractivity contribution in [2.24, 2.45) is 5.41 Å². The number of hydrogen-bond donors (Lipinski definition) is 0. The molecule has 0 spiro atoms. The highest BCUT2D eigenvalue weighted by Crippen LogP contribution is 2.24. The predicted octanol–water partition coefficient (Wildman–Crippen LogP) is 3.68. The Morgan fingerprint density at radius 2 is 2.14 bits per heavy atom. The van der Waals surface area contributed by atoms with Gasteiger partial charge in [-0.25, -0.2) is 4.39 Å². The number of nitriles is 1. The van der Waals surface area contributed by atoms with Gasteiger partial charge in [-0.2, -0.15) is 5.26 Å². The molecule has 0 aliphatic carbocycles. The van der Waals surface area contributed by atoms with Crippen LogP contribution < -0.4 is 0 Å². The van der Waals surface area contributed by atoms with Crippen molar-refractivity contribution >= 4 is 15.9 Å². The van der Waals surface area contributed by atoms with E-state index in [4.69, 9.17) is 5.26 Å². The highest BCUT2D eigenvalue weighted by atomic mass is 79.9. The molecule has 3 heteroatoms. The smallest absolute Gasteiger partial charge is 0.126 e. The van der Waals surface area contributed by atoms with Gasteiger partial charge < -0.3 is 0 Å². The van der Waals surface area contributed by atoms with E-state index < -0.39 is 5.41 Å². The molecule has 0 N–H and O–H groups in total.